The van der Waals surface area contributed by atoms with Gasteiger partial charge in [0.1, 0.15) is 0 Å². The van der Waals surface area contributed by atoms with Crippen molar-refractivity contribution in [1.82, 2.24) is 0 Å². The first-order valence-corrected chi connectivity index (χ1v) is 15.6. The predicted octanol–water partition coefficient (Wildman–Crippen LogP) is 6.20. The lowest BCUT2D eigenvalue weighted by atomic mass is 11.8. The standard InChI is InChI=1S/C10H30N5O10P5/c1-16-26(17-2)11-27(18-3,19-4)13-29(22-7,23-8)15-30(24-9,25-10)14-28(12-26,20-5)21-6/h1-10H3. The van der Waals surface area contributed by atoms with Crippen LogP contribution in [0.15, 0.2) is 22.6 Å². The second kappa shape index (κ2) is 11.7. The van der Waals surface area contributed by atoms with Gasteiger partial charge in [0.15, 0.2) is 0 Å². The van der Waals surface area contributed by atoms with E-state index in [1.165, 1.54) is 71.1 Å². The van der Waals surface area contributed by atoms with E-state index in [2.05, 4.69) is 22.6 Å². The van der Waals surface area contributed by atoms with Gasteiger partial charge in [-0.2, -0.15) is 0 Å². The molecule has 15 nitrogen and oxygen atoms in total. The van der Waals surface area contributed by atoms with E-state index in [4.69, 9.17) is 45.2 Å². The molecular formula is C10H30N5O10P5. The molecule has 0 aromatic rings. The van der Waals surface area contributed by atoms with E-state index in [-0.39, 0.29) is 0 Å². The van der Waals surface area contributed by atoms with Gasteiger partial charge in [-0.3, -0.25) is 0 Å². The van der Waals surface area contributed by atoms with Crippen LogP contribution in [0.2, 0.25) is 0 Å². The van der Waals surface area contributed by atoms with Gasteiger partial charge in [0, 0.05) is 71.1 Å². The molecule has 0 saturated heterocycles. The Morgan fingerprint density at radius 1 is 0.267 bits per heavy atom. The molecule has 1 heterocycles. The van der Waals surface area contributed by atoms with Gasteiger partial charge in [-0.15, -0.1) is 22.6 Å². The lowest BCUT2D eigenvalue weighted by molar-refractivity contribution is 0.300. The summed E-state index contributed by atoms with van der Waals surface area (Å²) in [5, 5.41) is 0. The van der Waals surface area contributed by atoms with Crippen molar-refractivity contribution in [2.45, 2.75) is 0 Å². The van der Waals surface area contributed by atoms with Crippen LogP contribution in [0.4, 0.5) is 0 Å². The Bertz CT molecular complexity index is 646. The summed E-state index contributed by atoms with van der Waals surface area (Å²) in [7, 11) is -3.99. The average molecular weight is 535 g/mol. The smallest absolute Gasteiger partial charge is 0.310 e. The molecule has 30 heavy (non-hydrogen) atoms. The van der Waals surface area contributed by atoms with Gasteiger partial charge >= 0.3 is 38.3 Å². The minimum absolute atomic E-state index is 1.35. The molecule has 0 amide bonds. The van der Waals surface area contributed by atoms with Crippen molar-refractivity contribution in [3.8, 4) is 0 Å². The van der Waals surface area contributed by atoms with E-state index >= 15 is 0 Å². The summed E-state index contributed by atoms with van der Waals surface area (Å²) < 4.78 is 78.0. The fraction of sp³-hybridized carbons (Fsp3) is 1.00. The van der Waals surface area contributed by atoms with Crippen LogP contribution in [0.25, 0.3) is 0 Å². The highest BCUT2D eigenvalue weighted by molar-refractivity contribution is 7.78. The van der Waals surface area contributed by atoms with Crippen LogP contribution >= 0.6 is 38.3 Å². The number of nitrogens with zero attached hydrogens (tertiary/aromatic N) is 5. The van der Waals surface area contributed by atoms with Crippen molar-refractivity contribution in [3.63, 3.8) is 0 Å². The topological polar surface area (TPSA) is 154 Å². The van der Waals surface area contributed by atoms with Gasteiger partial charge in [-0.05, 0) is 0 Å². The van der Waals surface area contributed by atoms with Crippen molar-refractivity contribution in [2.75, 3.05) is 71.1 Å². The largest absolute Gasteiger partial charge is 0.348 e. The van der Waals surface area contributed by atoms with Crippen LogP contribution in [0.3, 0.4) is 0 Å². The third-order valence-corrected chi connectivity index (χ3v) is 17.3. The molecule has 180 valence electrons. The molecule has 1 aliphatic heterocycles. The molecule has 0 saturated carbocycles. The minimum atomic E-state index is -3.50. The van der Waals surface area contributed by atoms with Crippen LogP contribution in [0.5, 0.6) is 0 Å². The molecular weight excluding hydrogens is 505 g/mol. The molecule has 0 bridgehead atoms. The Balaban J connectivity index is 4.52. The maximum Gasteiger partial charge on any atom is 0.348 e. The fourth-order valence-electron chi connectivity index (χ4n) is 1.91. The Morgan fingerprint density at radius 3 is 0.433 bits per heavy atom. The lowest BCUT2D eigenvalue weighted by Gasteiger charge is -2.29. The summed E-state index contributed by atoms with van der Waals surface area (Å²) in [5.41, 5.74) is 0. The van der Waals surface area contributed by atoms with E-state index in [0.29, 0.717) is 0 Å². The maximum absolute atomic E-state index is 5.55. The summed E-state index contributed by atoms with van der Waals surface area (Å²) in [4.78, 5) is 0. The normalized spacial score (nSPS) is 23.7. The SMILES string of the molecule is COP1(OC)=NP(OC)(OC)=NP(OC)(OC)=NP(OC)(OC)=NP(OC)(OC)=N1. The van der Waals surface area contributed by atoms with E-state index in [0.717, 1.165) is 0 Å². The highest BCUT2D eigenvalue weighted by Crippen LogP contribution is 2.80. The molecule has 0 fully saturated rings. The van der Waals surface area contributed by atoms with Crippen molar-refractivity contribution in [1.29, 1.82) is 0 Å². The quantitative estimate of drug-likeness (QED) is 0.296. The van der Waals surface area contributed by atoms with Crippen molar-refractivity contribution in [3.05, 3.63) is 0 Å². The summed E-state index contributed by atoms with van der Waals surface area (Å²) in [6, 6.07) is 0. The second-order valence-corrected chi connectivity index (χ2v) is 16.9. The van der Waals surface area contributed by atoms with Crippen LogP contribution in [-0.2, 0) is 45.2 Å². The lowest BCUT2D eigenvalue weighted by Crippen LogP contribution is -1.97. The average Bonchev–Trinajstić information content (AvgIpc) is 2.81. The van der Waals surface area contributed by atoms with Gasteiger partial charge < -0.3 is 45.2 Å². The molecule has 20 heteroatoms. The summed E-state index contributed by atoms with van der Waals surface area (Å²) in [6.45, 7) is 0. The zero-order valence-corrected chi connectivity index (χ0v) is 23.0. The highest BCUT2D eigenvalue weighted by Gasteiger charge is 2.40. The highest BCUT2D eigenvalue weighted by atomic mass is 31.3. The molecule has 0 aromatic carbocycles. The molecule has 1 rings (SSSR count). The zero-order chi connectivity index (χ0) is 23.1. The van der Waals surface area contributed by atoms with Crippen molar-refractivity contribution >= 4 is 38.3 Å². The molecule has 0 N–H and O–H groups in total. The maximum atomic E-state index is 5.55. The van der Waals surface area contributed by atoms with E-state index in [1.54, 1.807) is 0 Å². The predicted molar refractivity (Wildman–Crippen MR) is 117 cm³/mol. The monoisotopic (exact) mass is 535 g/mol. The Labute approximate surface area is 177 Å². The van der Waals surface area contributed by atoms with Crippen molar-refractivity contribution in [2.24, 2.45) is 22.6 Å². The summed E-state index contributed by atoms with van der Waals surface area (Å²) in [5.74, 6) is 0. The van der Waals surface area contributed by atoms with Gasteiger partial charge in [0.05, 0.1) is 0 Å². The minimum Gasteiger partial charge on any atom is -0.310 e. The molecule has 0 aliphatic carbocycles. The summed E-state index contributed by atoms with van der Waals surface area (Å²) in [6.07, 6.45) is 0. The third-order valence-electron chi connectivity index (χ3n) is 3.51. The molecule has 1 aliphatic rings. The van der Waals surface area contributed by atoms with E-state index in [9.17, 15) is 0 Å². The Kier molecular flexibility index (Phi) is 11.3. The van der Waals surface area contributed by atoms with Crippen LogP contribution in [-0.4, -0.2) is 71.1 Å². The van der Waals surface area contributed by atoms with Gasteiger partial charge in [0.25, 0.3) is 0 Å². The first kappa shape index (κ1) is 28.8. The molecule has 0 aromatic heterocycles. The zero-order valence-electron chi connectivity index (χ0n) is 18.6. The van der Waals surface area contributed by atoms with Crippen LogP contribution < -0.4 is 0 Å². The second-order valence-electron chi connectivity index (χ2n) is 4.73. The number of hydrogen-bond donors (Lipinski definition) is 0. The van der Waals surface area contributed by atoms with E-state index in [1.807, 2.05) is 0 Å². The Hall–Kier alpha value is 0.750. The van der Waals surface area contributed by atoms with Gasteiger partial charge in [-0.1, -0.05) is 0 Å². The molecule has 0 spiro atoms. The third kappa shape index (κ3) is 6.00. The van der Waals surface area contributed by atoms with Gasteiger partial charge in [0.2, 0.25) is 0 Å². The van der Waals surface area contributed by atoms with Gasteiger partial charge in [-0.25, -0.2) is 0 Å². The number of rotatable bonds is 10. The van der Waals surface area contributed by atoms with Crippen LogP contribution in [0.1, 0.15) is 0 Å². The first-order valence-electron chi connectivity index (χ1n) is 7.91. The summed E-state index contributed by atoms with van der Waals surface area (Å²) >= 11 is 0. The van der Waals surface area contributed by atoms with Crippen molar-refractivity contribution < 1.29 is 45.2 Å². The number of hydrogen-bond acceptors (Lipinski definition) is 15. The fourth-order valence-corrected chi connectivity index (χ4v) is 16.5. The molecule has 0 atom stereocenters. The molecule has 0 radical (unpaired) electrons. The van der Waals surface area contributed by atoms with Crippen LogP contribution in [0, 0.1) is 0 Å². The Morgan fingerprint density at radius 2 is 0.367 bits per heavy atom. The first-order chi connectivity index (χ1) is 14.1. The molecule has 0 unspecified atom stereocenters. The van der Waals surface area contributed by atoms with E-state index < -0.39 is 38.3 Å².